The van der Waals surface area contributed by atoms with E-state index < -0.39 is 0 Å². The van der Waals surface area contributed by atoms with Crippen molar-refractivity contribution in [3.8, 4) is 0 Å². The van der Waals surface area contributed by atoms with Gasteiger partial charge in [-0.25, -0.2) is 0 Å². The lowest BCUT2D eigenvalue weighted by molar-refractivity contribution is 0.991. The zero-order valence-electron chi connectivity index (χ0n) is 8.65. The molecule has 1 heteroatoms. The smallest absolute Gasteiger partial charge is 0.0209 e. The Morgan fingerprint density at radius 1 is 1.31 bits per heavy atom. The topological polar surface area (TPSA) is 23.9 Å². The highest BCUT2D eigenvalue weighted by Gasteiger charge is 2.07. The highest BCUT2D eigenvalue weighted by molar-refractivity contribution is 5.78. The molecule has 0 aromatic rings. The minimum atomic E-state index is 1.06. The van der Waals surface area contributed by atoms with Gasteiger partial charge in [-0.3, -0.25) is 0 Å². The Morgan fingerprint density at radius 2 is 1.92 bits per heavy atom. The van der Waals surface area contributed by atoms with Gasteiger partial charge in [-0.1, -0.05) is 12.2 Å². The third-order valence-corrected chi connectivity index (χ3v) is 2.60. The molecule has 0 heterocycles. The Hall–Kier alpha value is -1.11. The fourth-order valence-corrected chi connectivity index (χ4v) is 1.57. The first-order valence-corrected chi connectivity index (χ1v) is 4.72. The zero-order valence-corrected chi connectivity index (χ0v) is 8.65. The second-order valence-corrected chi connectivity index (χ2v) is 3.53. The summed E-state index contributed by atoms with van der Waals surface area (Å²) in [4.78, 5) is 0. The molecule has 1 nitrogen and oxygen atoms in total. The molecule has 0 saturated heterocycles. The van der Waals surface area contributed by atoms with Crippen LogP contribution >= 0.6 is 0 Å². The molecule has 0 unspecified atom stereocenters. The molecule has 1 rings (SSSR count). The molecular formula is C12H17N. The predicted octanol–water partition coefficient (Wildman–Crippen LogP) is 3.64. The van der Waals surface area contributed by atoms with Crippen LogP contribution in [0.25, 0.3) is 0 Å². The SMILES string of the molecule is CC1=CCCC=C1/C(C)=C(\C)C=N. The van der Waals surface area contributed by atoms with Crippen LogP contribution in [0.15, 0.2) is 34.4 Å². The van der Waals surface area contributed by atoms with Crippen LogP contribution in [0.5, 0.6) is 0 Å². The van der Waals surface area contributed by atoms with Crippen molar-refractivity contribution < 1.29 is 0 Å². The van der Waals surface area contributed by atoms with Crippen LogP contribution in [0.2, 0.25) is 0 Å². The van der Waals surface area contributed by atoms with Crippen molar-refractivity contribution in [2.75, 3.05) is 0 Å². The largest absolute Gasteiger partial charge is 0.308 e. The van der Waals surface area contributed by atoms with E-state index in [-0.39, 0.29) is 0 Å². The van der Waals surface area contributed by atoms with Crippen molar-refractivity contribution in [1.29, 1.82) is 5.41 Å². The fourth-order valence-electron chi connectivity index (χ4n) is 1.57. The van der Waals surface area contributed by atoms with Gasteiger partial charge >= 0.3 is 0 Å². The van der Waals surface area contributed by atoms with E-state index in [2.05, 4.69) is 26.0 Å². The van der Waals surface area contributed by atoms with Crippen molar-refractivity contribution in [2.45, 2.75) is 33.6 Å². The van der Waals surface area contributed by atoms with E-state index in [1.54, 1.807) is 0 Å². The van der Waals surface area contributed by atoms with Gasteiger partial charge in [0.15, 0.2) is 0 Å². The molecule has 0 aromatic carbocycles. The van der Waals surface area contributed by atoms with Crippen molar-refractivity contribution in [2.24, 2.45) is 0 Å². The summed E-state index contributed by atoms with van der Waals surface area (Å²) in [5, 5.41) is 7.19. The number of rotatable bonds is 2. The van der Waals surface area contributed by atoms with Gasteiger partial charge in [0, 0.05) is 6.21 Å². The monoisotopic (exact) mass is 175 g/mol. The Labute approximate surface area is 80.4 Å². The average molecular weight is 175 g/mol. The van der Waals surface area contributed by atoms with Gasteiger partial charge in [-0.15, -0.1) is 0 Å². The van der Waals surface area contributed by atoms with E-state index in [1.165, 1.54) is 22.9 Å². The Bertz CT molecular complexity index is 303. The molecule has 0 atom stereocenters. The molecule has 0 aromatic heterocycles. The summed E-state index contributed by atoms with van der Waals surface area (Å²) in [5.74, 6) is 0. The van der Waals surface area contributed by atoms with Crippen molar-refractivity contribution in [1.82, 2.24) is 0 Å². The molecule has 0 spiro atoms. The number of hydrogen-bond acceptors (Lipinski definition) is 1. The first-order chi connectivity index (χ1) is 6.16. The number of hydrogen-bond donors (Lipinski definition) is 1. The van der Waals surface area contributed by atoms with Crippen molar-refractivity contribution in [3.05, 3.63) is 34.4 Å². The van der Waals surface area contributed by atoms with Crippen LogP contribution in [-0.4, -0.2) is 6.21 Å². The van der Waals surface area contributed by atoms with E-state index in [0.29, 0.717) is 0 Å². The normalized spacial score (nSPS) is 18.7. The van der Waals surface area contributed by atoms with Crippen LogP contribution in [-0.2, 0) is 0 Å². The summed E-state index contributed by atoms with van der Waals surface area (Å²) in [7, 11) is 0. The van der Waals surface area contributed by atoms with Crippen LogP contribution in [0, 0.1) is 5.41 Å². The average Bonchev–Trinajstić information content (AvgIpc) is 2.16. The molecule has 1 N–H and O–H groups in total. The minimum absolute atomic E-state index is 1.06. The highest BCUT2D eigenvalue weighted by atomic mass is 14.3. The van der Waals surface area contributed by atoms with E-state index in [0.717, 1.165) is 18.4 Å². The maximum Gasteiger partial charge on any atom is 0.0209 e. The van der Waals surface area contributed by atoms with Gasteiger partial charge in [0.25, 0.3) is 0 Å². The van der Waals surface area contributed by atoms with Gasteiger partial charge in [-0.05, 0) is 55.9 Å². The molecule has 70 valence electrons. The summed E-state index contributed by atoms with van der Waals surface area (Å²) in [6.07, 6.45) is 8.27. The van der Waals surface area contributed by atoms with E-state index >= 15 is 0 Å². The van der Waals surface area contributed by atoms with Crippen molar-refractivity contribution in [3.63, 3.8) is 0 Å². The maximum atomic E-state index is 7.19. The zero-order chi connectivity index (χ0) is 9.84. The summed E-state index contributed by atoms with van der Waals surface area (Å²) < 4.78 is 0. The standard InChI is InChI=1S/C12H17N/c1-9-6-4-5-7-12(9)11(3)10(2)8-13/h6-8,13H,4-5H2,1-3H3/b11-10+,13-8?. The van der Waals surface area contributed by atoms with Crippen LogP contribution < -0.4 is 0 Å². The first kappa shape index (κ1) is 9.97. The summed E-state index contributed by atoms with van der Waals surface area (Å²) in [5.41, 5.74) is 4.97. The molecule has 0 fully saturated rings. The third-order valence-electron chi connectivity index (χ3n) is 2.60. The van der Waals surface area contributed by atoms with Gasteiger partial charge in [0.2, 0.25) is 0 Å². The minimum Gasteiger partial charge on any atom is -0.308 e. The van der Waals surface area contributed by atoms with Crippen molar-refractivity contribution >= 4 is 6.21 Å². The molecular weight excluding hydrogens is 158 g/mol. The molecule has 1 aliphatic rings. The molecule has 0 radical (unpaired) electrons. The van der Waals surface area contributed by atoms with E-state index in [1.807, 2.05) is 6.92 Å². The molecule has 0 aliphatic heterocycles. The Morgan fingerprint density at radius 3 is 2.46 bits per heavy atom. The third kappa shape index (κ3) is 2.18. The summed E-state index contributed by atoms with van der Waals surface area (Å²) >= 11 is 0. The molecule has 1 aliphatic carbocycles. The van der Waals surface area contributed by atoms with E-state index in [4.69, 9.17) is 5.41 Å². The highest BCUT2D eigenvalue weighted by Crippen LogP contribution is 2.26. The Kier molecular flexibility index (Phi) is 3.24. The molecule has 0 amide bonds. The van der Waals surface area contributed by atoms with Gasteiger partial charge in [0.05, 0.1) is 0 Å². The molecule has 13 heavy (non-hydrogen) atoms. The maximum absolute atomic E-state index is 7.19. The lowest BCUT2D eigenvalue weighted by Crippen LogP contribution is -1.96. The van der Waals surface area contributed by atoms with Gasteiger partial charge < -0.3 is 5.41 Å². The second-order valence-electron chi connectivity index (χ2n) is 3.53. The molecule has 0 saturated carbocycles. The van der Waals surface area contributed by atoms with E-state index in [9.17, 15) is 0 Å². The first-order valence-electron chi connectivity index (χ1n) is 4.72. The van der Waals surface area contributed by atoms with Gasteiger partial charge in [0.1, 0.15) is 0 Å². The van der Waals surface area contributed by atoms with Gasteiger partial charge in [-0.2, -0.15) is 0 Å². The lowest BCUT2D eigenvalue weighted by atomic mass is 9.91. The summed E-state index contributed by atoms with van der Waals surface area (Å²) in [6, 6.07) is 0. The quantitative estimate of drug-likeness (QED) is 0.619. The number of allylic oxidation sites excluding steroid dienone is 6. The number of nitrogens with one attached hydrogen (secondary N) is 1. The Balaban J connectivity index is 3.02. The molecule has 0 bridgehead atoms. The summed E-state index contributed by atoms with van der Waals surface area (Å²) in [6.45, 7) is 6.23. The predicted molar refractivity (Wildman–Crippen MR) is 58.2 cm³/mol. The van der Waals surface area contributed by atoms with Crippen LogP contribution in [0.1, 0.15) is 33.6 Å². The van der Waals surface area contributed by atoms with Crippen LogP contribution in [0.4, 0.5) is 0 Å². The van der Waals surface area contributed by atoms with Crippen LogP contribution in [0.3, 0.4) is 0 Å². The second kappa shape index (κ2) is 4.22. The lowest BCUT2D eigenvalue weighted by Gasteiger charge is -2.14. The fraction of sp³-hybridized carbons (Fsp3) is 0.417.